The predicted octanol–water partition coefficient (Wildman–Crippen LogP) is 2.48. The van der Waals surface area contributed by atoms with Crippen LogP contribution < -0.4 is 4.74 Å². The summed E-state index contributed by atoms with van der Waals surface area (Å²) in [7, 11) is 1.51. The fourth-order valence-electron chi connectivity index (χ4n) is 1.34. The van der Waals surface area contributed by atoms with Crippen molar-refractivity contribution in [1.29, 1.82) is 0 Å². The molecule has 0 aliphatic carbocycles. The van der Waals surface area contributed by atoms with E-state index in [1.165, 1.54) is 7.11 Å². The average Bonchev–Trinajstić information content (AvgIpc) is 2.18. The first-order valence-corrected chi connectivity index (χ1v) is 5.57. The molecule has 0 aromatic heterocycles. The number of aryl methyl sites for hydroxylation is 1. The molecule has 0 fully saturated rings. The summed E-state index contributed by atoms with van der Waals surface area (Å²) in [5, 5.41) is 19.0. The van der Waals surface area contributed by atoms with E-state index in [2.05, 4.69) is 15.9 Å². The molecule has 84 valence electrons. The fraction of sp³-hybridized carbons (Fsp3) is 0.455. The number of ether oxygens (including phenoxy) is 1. The van der Waals surface area contributed by atoms with E-state index >= 15 is 0 Å². The largest absolute Gasteiger partial charge is 0.504 e. The third-order valence-electron chi connectivity index (χ3n) is 2.17. The van der Waals surface area contributed by atoms with E-state index in [1.54, 1.807) is 13.0 Å². The Bertz CT molecular complexity index is 337. The van der Waals surface area contributed by atoms with Gasteiger partial charge in [0.25, 0.3) is 0 Å². The Labute approximate surface area is 97.8 Å². The van der Waals surface area contributed by atoms with Gasteiger partial charge in [-0.2, -0.15) is 0 Å². The lowest BCUT2D eigenvalue weighted by atomic mass is 10.1. The molecule has 0 heterocycles. The van der Waals surface area contributed by atoms with E-state index < -0.39 is 0 Å². The lowest BCUT2D eigenvalue weighted by molar-refractivity contribution is 0.184. The van der Waals surface area contributed by atoms with Crippen LogP contribution in [0.2, 0.25) is 0 Å². The van der Waals surface area contributed by atoms with E-state index in [1.807, 2.05) is 6.07 Å². The minimum atomic E-state index is -0.366. The van der Waals surface area contributed by atoms with E-state index in [0.29, 0.717) is 18.6 Å². The average molecular weight is 275 g/mol. The lowest BCUT2D eigenvalue weighted by Crippen LogP contribution is -2.02. The normalized spacial score (nSPS) is 12.5. The quantitative estimate of drug-likeness (QED) is 0.887. The van der Waals surface area contributed by atoms with Gasteiger partial charge in [0.05, 0.1) is 13.2 Å². The van der Waals surface area contributed by atoms with Crippen molar-refractivity contribution in [2.45, 2.75) is 25.9 Å². The number of phenolic OH excluding ortho intramolecular Hbond substituents is 1. The Morgan fingerprint density at radius 1 is 1.47 bits per heavy atom. The topological polar surface area (TPSA) is 49.7 Å². The summed E-state index contributed by atoms with van der Waals surface area (Å²) in [6.45, 7) is 1.73. The Hall–Kier alpha value is -0.740. The third-order valence-corrected chi connectivity index (χ3v) is 2.63. The summed E-state index contributed by atoms with van der Waals surface area (Å²) < 4.78 is 5.89. The van der Waals surface area contributed by atoms with E-state index in [0.717, 1.165) is 10.0 Å². The van der Waals surface area contributed by atoms with Gasteiger partial charge >= 0.3 is 0 Å². The van der Waals surface area contributed by atoms with Crippen molar-refractivity contribution in [3.8, 4) is 11.5 Å². The summed E-state index contributed by atoms with van der Waals surface area (Å²) in [6.07, 6.45) is 0.876. The van der Waals surface area contributed by atoms with Crippen LogP contribution >= 0.6 is 15.9 Å². The minimum Gasteiger partial charge on any atom is -0.504 e. The van der Waals surface area contributed by atoms with Crippen molar-refractivity contribution in [1.82, 2.24) is 0 Å². The Morgan fingerprint density at radius 3 is 2.67 bits per heavy atom. The molecule has 0 spiro atoms. The number of aliphatic hydroxyl groups is 1. The third kappa shape index (κ3) is 3.39. The monoisotopic (exact) mass is 274 g/mol. The number of methoxy groups -OCH3 is 1. The molecule has 1 aromatic rings. The summed E-state index contributed by atoms with van der Waals surface area (Å²) >= 11 is 3.34. The van der Waals surface area contributed by atoms with Crippen LogP contribution in [0, 0.1) is 0 Å². The Morgan fingerprint density at radius 2 is 2.13 bits per heavy atom. The van der Waals surface area contributed by atoms with Crippen LogP contribution in [0.3, 0.4) is 0 Å². The second kappa shape index (κ2) is 5.37. The molecule has 0 radical (unpaired) electrons. The van der Waals surface area contributed by atoms with Gasteiger partial charge in [-0.25, -0.2) is 0 Å². The van der Waals surface area contributed by atoms with Crippen molar-refractivity contribution in [2.75, 3.05) is 7.11 Å². The maximum Gasteiger partial charge on any atom is 0.161 e. The molecule has 3 nitrogen and oxygen atoms in total. The van der Waals surface area contributed by atoms with Gasteiger partial charge in [0, 0.05) is 4.47 Å². The molecule has 2 N–H and O–H groups in total. The summed E-state index contributed by atoms with van der Waals surface area (Å²) in [4.78, 5) is 0. The number of hydrogen-bond donors (Lipinski definition) is 2. The number of phenols is 1. The van der Waals surface area contributed by atoms with Crippen LogP contribution in [0.4, 0.5) is 0 Å². The van der Waals surface area contributed by atoms with Crippen molar-refractivity contribution in [3.05, 3.63) is 22.2 Å². The number of aromatic hydroxyl groups is 1. The molecule has 0 saturated heterocycles. The molecule has 15 heavy (non-hydrogen) atoms. The van der Waals surface area contributed by atoms with Gasteiger partial charge in [-0.15, -0.1) is 0 Å². The molecule has 1 unspecified atom stereocenters. The molecule has 0 aliphatic rings. The number of aliphatic hydroxyl groups excluding tert-OH is 1. The van der Waals surface area contributed by atoms with Gasteiger partial charge in [0.1, 0.15) is 0 Å². The maximum atomic E-state index is 9.80. The molecule has 0 aliphatic heterocycles. The van der Waals surface area contributed by atoms with Gasteiger partial charge in [0.15, 0.2) is 11.5 Å². The molecular weight excluding hydrogens is 260 g/mol. The highest BCUT2D eigenvalue weighted by Gasteiger charge is 2.10. The zero-order valence-electron chi connectivity index (χ0n) is 8.83. The van der Waals surface area contributed by atoms with Crippen molar-refractivity contribution in [2.24, 2.45) is 0 Å². The number of rotatable bonds is 4. The predicted molar refractivity (Wildman–Crippen MR) is 62.4 cm³/mol. The van der Waals surface area contributed by atoms with Crippen LogP contribution in [0.1, 0.15) is 18.9 Å². The zero-order chi connectivity index (χ0) is 11.4. The molecule has 1 rings (SSSR count). The first-order chi connectivity index (χ1) is 7.04. The number of hydrogen-bond acceptors (Lipinski definition) is 3. The second-order valence-corrected chi connectivity index (χ2v) is 4.42. The standard InChI is InChI=1S/C11H15BrO3/c1-7(13)3-4-8-5-9(12)6-10(15-2)11(8)14/h5-7,13-14H,3-4H2,1-2H3. The van der Waals surface area contributed by atoms with E-state index in [9.17, 15) is 10.2 Å². The van der Waals surface area contributed by atoms with Crippen LogP contribution in [0.15, 0.2) is 16.6 Å². The Kier molecular flexibility index (Phi) is 4.42. The molecular formula is C11H15BrO3. The van der Waals surface area contributed by atoms with Gasteiger partial charge in [-0.05, 0) is 37.5 Å². The van der Waals surface area contributed by atoms with E-state index in [4.69, 9.17) is 4.74 Å². The number of benzene rings is 1. The smallest absolute Gasteiger partial charge is 0.161 e. The Balaban J connectivity index is 2.91. The molecule has 0 bridgehead atoms. The molecule has 1 atom stereocenters. The van der Waals surface area contributed by atoms with Crippen LogP contribution in [0.25, 0.3) is 0 Å². The van der Waals surface area contributed by atoms with Crippen molar-refractivity contribution < 1.29 is 14.9 Å². The molecule has 1 aromatic carbocycles. The van der Waals surface area contributed by atoms with Gasteiger partial charge in [0.2, 0.25) is 0 Å². The highest BCUT2D eigenvalue weighted by Crippen LogP contribution is 2.34. The summed E-state index contributed by atoms with van der Waals surface area (Å²) in [6, 6.07) is 3.54. The van der Waals surface area contributed by atoms with Crippen LogP contribution in [-0.4, -0.2) is 23.4 Å². The van der Waals surface area contributed by atoms with Crippen molar-refractivity contribution in [3.63, 3.8) is 0 Å². The minimum absolute atomic E-state index is 0.154. The summed E-state index contributed by atoms with van der Waals surface area (Å²) in [5.74, 6) is 0.603. The first-order valence-electron chi connectivity index (χ1n) is 4.78. The maximum absolute atomic E-state index is 9.80. The molecule has 0 amide bonds. The van der Waals surface area contributed by atoms with Gasteiger partial charge < -0.3 is 14.9 Å². The van der Waals surface area contributed by atoms with Crippen molar-refractivity contribution >= 4 is 15.9 Å². The number of halogens is 1. The van der Waals surface area contributed by atoms with Gasteiger partial charge in [-0.1, -0.05) is 15.9 Å². The highest BCUT2D eigenvalue weighted by molar-refractivity contribution is 9.10. The first kappa shape index (κ1) is 12.3. The second-order valence-electron chi connectivity index (χ2n) is 3.50. The van der Waals surface area contributed by atoms with Gasteiger partial charge in [-0.3, -0.25) is 0 Å². The SMILES string of the molecule is COc1cc(Br)cc(CCC(C)O)c1O. The lowest BCUT2D eigenvalue weighted by Gasteiger charge is -2.10. The van der Waals surface area contributed by atoms with Crippen LogP contribution in [0.5, 0.6) is 11.5 Å². The molecule has 4 heteroatoms. The molecule has 0 saturated carbocycles. The van der Waals surface area contributed by atoms with E-state index in [-0.39, 0.29) is 11.9 Å². The van der Waals surface area contributed by atoms with Crippen LogP contribution in [-0.2, 0) is 6.42 Å². The summed E-state index contributed by atoms with van der Waals surface area (Å²) in [5.41, 5.74) is 0.780. The highest BCUT2D eigenvalue weighted by atomic mass is 79.9. The zero-order valence-corrected chi connectivity index (χ0v) is 10.4. The fourth-order valence-corrected chi connectivity index (χ4v) is 1.82.